The molecule has 0 aliphatic carbocycles. The van der Waals surface area contributed by atoms with Gasteiger partial charge in [-0.2, -0.15) is 0 Å². The number of fused-ring (bicyclic) bond motifs is 1. The van der Waals surface area contributed by atoms with Crippen LogP contribution in [0, 0.1) is 0 Å². The lowest BCUT2D eigenvalue weighted by Crippen LogP contribution is -2.25. The van der Waals surface area contributed by atoms with Gasteiger partial charge in [0.05, 0.1) is 17.8 Å². The van der Waals surface area contributed by atoms with E-state index in [0.29, 0.717) is 12.1 Å². The Bertz CT molecular complexity index is 732. The first kappa shape index (κ1) is 13.3. The number of benzene rings is 2. The summed E-state index contributed by atoms with van der Waals surface area (Å²) < 4.78 is 0. The van der Waals surface area contributed by atoms with Gasteiger partial charge in [0.1, 0.15) is 0 Å². The summed E-state index contributed by atoms with van der Waals surface area (Å²) in [5.74, 6) is -0.232. The topological polar surface area (TPSA) is 37.4 Å². The number of hydrogen-bond donors (Lipinski definition) is 0. The van der Waals surface area contributed by atoms with Crippen LogP contribution in [0.2, 0.25) is 0 Å². The fourth-order valence-corrected chi connectivity index (χ4v) is 2.57. The molecule has 3 heteroatoms. The fraction of sp³-hybridized carbons (Fsp3) is 0.111. The number of carbonyl (C=O) groups excluding carboxylic acids is 2. The van der Waals surface area contributed by atoms with Crippen LogP contribution < -0.4 is 4.90 Å². The maximum absolute atomic E-state index is 12.6. The van der Waals surface area contributed by atoms with Crippen molar-refractivity contribution in [2.24, 2.45) is 0 Å². The van der Waals surface area contributed by atoms with Crippen LogP contribution in [-0.4, -0.2) is 11.7 Å². The summed E-state index contributed by atoms with van der Waals surface area (Å²) in [4.78, 5) is 25.7. The maximum atomic E-state index is 12.6. The summed E-state index contributed by atoms with van der Waals surface area (Å²) in [6, 6.07) is 17.4. The first-order valence-electron chi connectivity index (χ1n) is 6.84. The summed E-state index contributed by atoms with van der Waals surface area (Å²) in [5.41, 5.74) is 3.23. The van der Waals surface area contributed by atoms with Gasteiger partial charge in [-0.1, -0.05) is 48.5 Å². The summed E-state index contributed by atoms with van der Waals surface area (Å²) >= 11 is 0. The van der Waals surface area contributed by atoms with Crippen LogP contribution in [0.25, 0.3) is 5.57 Å². The third-order valence-electron chi connectivity index (χ3n) is 3.49. The predicted molar refractivity (Wildman–Crippen MR) is 82.7 cm³/mol. The number of carbonyl (C=O) groups is 2. The van der Waals surface area contributed by atoms with E-state index in [1.165, 1.54) is 13.0 Å². The van der Waals surface area contributed by atoms with Crippen LogP contribution in [0.15, 0.2) is 60.7 Å². The zero-order chi connectivity index (χ0) is 14.8. The van der Waals surface area contributed by atoms with Crippen molar-refractivity contribution < 1.29 is 9.59 Å². The lowest BCUT2D eigenvalue weighted by atomic mass is 10.1. The highest BCUT2D eigenvalue weighted by atomic mass is 16.2. The number of para-hydroxylation sites is 1. The van der Waals surface area contributed by atoms with E-state index >= 15 is 0 Å². The second-order valence-electron chi connectivity index (χ2n) is 5.06. The molecule has 0 atom stereocenters. The van der Waals surface area contributed by atoms with Gasteiger partial charge in [0, 0.05) is 5.56 Å². The molecule has 3 nitrogen and oxygen atoms in total. The van der Waals surface area contributed by atoms with Gasteiger partial charge in [0.15, 0.2) is 5.78 Å². The Morgan fingerprint density at radius 3 is 2.43 bits per heavy atom. The average molecular weight is 277 g/mol. The first-order valence-corrected chi connectivity index (χ1v) is 6.84. The third-order valence-corrected chi connectivity index (χ3v) is 3.49. The van der Waals surface area contributed by atoms with E-state index in [1.807, 2.05) is 54.6 Å². The van der Waals surface area contributed by atoms with E-state index in [0.717, 1.165) is 16.8 Å². The van der Waals surface area contributed by atoms with Crippen molar-refractivity contribution in [1.29, 1.82) is 0 Å². The Morgan fingerprint density at radius 2 is 1.71 bits per heavy atom. The molecule has 21 heavy (non-hydrogen) atoms. The molecule has 104 valence electrons. The molecule has 1 aliphatic rings. The van der Waals surface area contributed by atoms with E-state index in [4.69, 9.17) is 0 Å². The zero-order valence-corrected chi connectivity index (χ0v) is 11.7. The van der Waals surface area contributed by atoms with E-state index < -0.39 is 0 Å². The number of ketones is 1. The number of allylic oxidation sites excluding steroid dienone is 1. The van der Waals surface area contributed by atoms with Crippen molar-refractivity contribution in [2.75, 3.05) is 4.90 Å². The summed E-state index contributed by atoms with van der Waals surface area (Å²) in [7, 11) is 0. The van der Waals surface area contributed by atoms with Crippen LogP contribution in [-0.2, 0) is 16.1 Å². The maximum Gasteiger partial charge on any atom is 0.259 e. The van der Waals surface area contributed by atoms with E-state index in [9.17, 15) is 9.59 Å². The Hall–Kier alpha value is -2.68. The Kier molecular flexibility index (Phi) is 3.40. The van der Waals surface area contributed by atoms with E-state index in [-0.39, 0.29) is 11.7 Å². The van der Waals surface area contributed by atoms with Crippen LogP contribution in [0.3, 0.4) is 0 Å². The molecule has 1 heterocycles. The van der Waals surface area contributed by atoms with Gasteiger partial charge in [0.2, 0.25) is 0 Å². The third kappa shape index (κ3) is 2.50. The van der Waals surface area contributed by atoms with Crippen LogP contribution >= 0.6 is 0 Å². The molecule has 2 aromatic rings. The lowest BCUT2D eigenvalue weighted by Gasteiger charge is -2.17. The minimum Gasteiger partial charge on any atom is -0.303 e. The van der Waals surface area contributed by atoms with Crippen molar-refractivity contribution >= 4 is 23.0 Å². The predicted octanol–water partition coefficient (Wildman–Crippen LogP) is 3.21. The molecule has 0 unspecified atom stereocenters. The highest BCUT2D eigenvalue weighted by Gasteiger charge is 2.32. The van der Waals surface area contributed by atoms with Gasteiger partial charge in [-0.25, -0.2) is 0 Å². The zero-order valence-electron chi connectivity index (χ0n) is 11.7. The van der Waals surface area contributed by atoms with Crippen LogP contribution in [0.1, 0.15) is 18.1 Å². The molecule has 0 aromatic heterocycles. The van der Waals surface area contributed by atoms with Gasteiger partial charge in [-0.05, 0) is 24.6 Å². The first-order chi connectivity index (χ1) is 10.2. The van der Waals surface area contributed by atoms with Gasteiger partial charge in [-0.3, -0.25) is 9.59 Å². The summed E-state index contributed by atoms with van der Waals surface area (Å²) in [5, 5.41) is 0. The molecular weight excluding hydrogens is 262 g/mol. The summed E-state index contributed by atoms with van der Waals surface area (Å²) in [6.45, 7) is 1.97. The molecule has 1 aliphatic heterocycles. The molecule has 1 amide bonds. The van der Waals surface area contributed by atoms with Crippen molar-refractivity contribution in [3.05, 3.63) is 71.8 Å². The van der Waals surface area contributed by atoms with Gasteiger partial charge >= 0.3 is 0 Å². The molecule has 0 saturated carbocycles. The average Bonchev–Trinajstić information content (AvgIpc) is 2.74. The Morgan fingerprint density at radius 1 is 1.05 bits per heavy atom. The fourth-order valence-electron chi connectivity index (χ4n) is 2.57. The normalized spacial score (nSPS) is 15.4. The summed E-state index contributed by atoms with van der Waals surface area (Å²) in [6.07, 6.45) is 1.42. The van der Waals surface area contributed by atoms with Crippen molar-refractivity contribution in [1.82, 2.24) is 0 Å². The monoisotopic (exact) mass is 277 g/mol. The Labute approximate surface area is 123 Å². The van der Waals surface area contributed by atoms with Crippen LogP contribution in [0.5, 0.6) is 0 Å². The molecule has 0 radical (unpaired) electrons. The number of anilines is 1. The second kappa shape index (κ2) is 5.37. The minimum absolute atomic E-state index is 0.116. The SMILES string of the molecule is CC(=O)/C=C1\C(=O)N(Cc2ccccc2)c2ccccc21. The van der Waals surface area contributed by atoms with Crippen LogP contribution in [0.4, 0.5) is 5.69 Å². The van der Waals surface area contributed by atoms with Crippen molar-refractivity contribution in [3.8, 4) is 0 Å². The van der Waals surface area contributed by atoms with Crippen molar-refractivity contribution in [2.45, 2.75) is 13.5 Å². The molecule has 0 spiro atoms. The quantitative estimate of drug-likeness (QED) is 0.808. The van der Waals surface area contributed by atoms with Gasteiger partial charge < -0.3 is 4.90 Å². The molecule has 2 aromatic carbocycles. The highest BCUT2D eigenvalue weighted by molar-refractivity contribution is 6.34. The number of nitrogens with zero attached hydrogens (tertiary/aromatic N) is 1. The largest absolute Gasteiger partial charge is 0.303 e. The van der Waals surface area contributed by atoms with E-state index in [1.54, 1.807) is 4.90 Å². The number of rotatable bonds is 3. The molecule has 3 rings (SSSR count). The Balaban J connectivity index is 2.03. The number of hydrogen-bond acceptors (Lipinski definition) is 2. The van der Waals surface area contributed by atoms with Crippen molar-refractivity contribution in [3.63, 3.8) is 0 Å². The lowest BCUT2D eigenvalue weighted by molar-refractivity contribution is -0.114. The molecule has 0 N–H and O–H groups in total. The minimum atomic E-state index is -0.116. The molecule has 0 bridgehead atoms. The second-order valence-corrected chi connectivity index (χ2v) is 5.06. The molecule has 0 saturated heterocycles. The standard InChI is InChI=1S/C18H15NO2/c1-13(20)11-16-15-9-5-6-10-17(15)19(18(16)21)12-14-7-3-2-4-8-14/h2-11H,12H2,1H3/b16-11-. The van der Waals surface area contributed by atoms with Gasteiger partial charge in [0.25, 0.3) is 5.91 Å². The highest BCUT2D eigenvalue weighted by Crippen LogP contribution is 2.37. The van der Waals surface area contributed by atoms with Gasteiger partial charge in [-0.15, -0.1) is 0 Å². The number of amides is 1. The molecular formula is C18H15NO2. The van der Waals surface area contributed by atoms with E-state index in [2.05, 4.69) is 0 Å². The smallest absolute Gasteiger partial charge is 0.259 e. The molecule has 0 fully saturated rings.